The van der Waals surface area contributed by atoms with E-state index >= 15 is 0 Å². The van der Waals surface area contributed by atoms with Crippen LogP contribution in [0.25, 0.3) is 0 Å². The normalized spacial score (nSPS) is 19.1. The van der Waals surface area contributed by atoms with E-state index in [0.29, 0.717) is 84.2 Å². The Morgan fingerprint density at radius 1 is 0.902 bits per heavy atom. The Balaban J connectivity index is 1.10. The molecule has 0 radical (unpaired) electrons. The van der Waals surface area contributed by atoms with Gasteiger partial charge in [0.2, 0.25) is 17.7 Å². The zero-order valence-corrected chi connectivity index (χ0v) is 24.2. The van der Waals surface area contributed by atoms with E-state index in [1.807, 2.05) is 23.1 Å². The van der Waals surface area contributed by atoms with Crippen LogP contribution in [0.2, 0.25) is 0 Å². The van der Waals surface area contributed by atoms with Gasteiger partial charge in [0.25, 0.3) is 5.91 Å². The van der Waals surface area contributed by atoms with Gasteiger partial charge in [-0.15, -0.1) is 0 Å². The Morgan fingerprint density at radius 2 is 1.61 bits per heavy atom. The van der Waals surface area contributed by atoms with Crippen molar-refractivity contribution in [2.45, 2.75) is 64.5 Å². The molecule has 11 nitrogen and oxygen atoms in total. The highest BCUT2D eigenvalue weighted by Gasteiger charge is 2.39. The first-order valence-corrected chi connectivity index (χ1v) is 15.0. The molecule has 4 amide bonds. The molecule has 0 spiro atoms. The minimum atomic E-state index is -0.619. The van der Waals surface area contributed by atoms with E-state index in [1.54, 1.807) is 4.90 Å². The monoisotopic (exact) mass is 572 g/mol. The number of nitrogens with zero attached hydrogens (tertiary/aromatic N) is 3. The Bertz CT molecular complexity index is 1060. The van der Waals surface area contributed by atoms with Crippen molar-refractivity contribution >= 4 is 29.3 Å². The lowest BCUT2D eigenvalue weighted by molar-refractivity contribution is -0.137. The minimum absolute atomic E-state index is 0.0847. The van der Waals surface area contributed by atoms with Gasteiger partial charge in [0.1, 0.15) is 6.04 Å². The van der Waals surface area contributed by atoms with Gasteiger partial charge in [0.05, 0.1) is 39.5 Å². The van der Waals surface area contributed by atoms with Crippen LogP contribution in [0.3, 0.4) is 0 Å². The van der Waals surface area contributed by atoms with Crippen molar-refractivity contribution < 1.29 is 33.4 Å². The van der Waals surface area contributed by atoms with Gasteiger partial charge in [-0.1, -0.05) is 26.2 Å². The van der Waals surface area contributed by atoms with Crippen molar-refractivity contribution in [3.8, 4) is 0 Å². The van der Waals surface area contributed by atoms with Crippen LogP contribution < -0.4 is 10.2 Å². The predicted molar refractivity (Wildman–Crippen MR) is 152 cm³/mol. The minimum Gasteiger partial charge on any atom is -0.379 e. The molecule has 3 heterocycles. The number of unbranched alkanes of at least 4 members (excludes halogenated alkanes) is 3. The number of piperidine rings is 1. The first-order valence-electron chi connectivity index (χ1n) is 15.0. The molecule has 2 fully saturated rings. The lowest BCUT2D eigenvalue weighted by Gasteiger charge is -2.36. The van der Waals surface area contributed by atoms with Gasteiger partial charge in [-0.25, -0.2) is 0 Å². The lowest BCUT2D eigenvalue weighted by atomic mass is 10.0. The lowest BCUT2D eigenvalue weighted by Crippen LogP contribution is -2.52. The number of hydrogen-bond donors (Lipinski definition) is 1. The molecule has 0 saturated carbocycles. The van der Waals surface area contributed by atoms with Crippen molar-refractivity contribution in [3.05, 3.63) is 29.3 Å². The number of carbonyl (C=O) groups is 4. The molecule has 0 bridgehead atoms. The number of anilines is 1. The van der Waals surface area contributed by atoms with Crippen LogP contribution in [0, 0.1) is 0 Å². The summed E-state index contributed by atoms with van der Waals surface area (Å²) in [4.78, 5) is 55.0. The van der Waals surface area contributed by atoms with E-state index < -0.39 is 11.9 Å². The van der Waals surface area contributed by atoms with Gasteiger partial charge in [-0.05, 0) is 36.6 Å². The summed E-state index contributed by atoms with van der Waals surface area (Å²) >= 11 is 0. The van der Waals surface area contributed by atoms with Gasteiger partial charge in [0, 0.05) is 57.0 Å². The van der Waals surface area contributed by atoms with E-state index in [9.17, 15) is 19.2 Å². The van der Waals surface area contributed by atoms with Crippen molar-refractivity contribution in [3.63, 3.8) is 0 Å². The molecule has 3 aliphatic rings. The van der Waals surface area contributed by atoms with Crippen LogP contribution in [0.5, 0.6) is 0 Å². The van der Waals surface area contributed by atoms with Crippen LogP contribution in [0.15, 0.2) is 18.2 Å². The second kappa shape index (κ2) is 15.8. The summed E-state index contributed by atoms with van der Waals surface area (Å²) in [6.07, 6.45) is 5.73. The highest BCUT2D eigenvalue weighted by Crippen LogP contribution is 2.31. The zero-order valence-electron chi connectivity index (χ0n) is 24.2. The van der Waals surface area contributed by atoms with Crippen LogP contribution in [-0.2, 0) is 35.1 Å². The SMILES string of the molecule is CCCCCCOCCOCCOCCC(=O)N1CCN(c2ccc3c(c2)CN(C2CCC(=O)NC2=O)C3=O)CC1. The number of imide groups is 1. The molecule has 3 aliphatic heterocycles. The first kappa shape index (κ1) is 30.9. The van der Waals surface area contributed by atoms with E-state index in [2.05, 4.69) is 17.1 Å². The summed E-state index contributed by atoms with van der Waals surface area (Å²) in [6, 6.07) is 5.13. The first-order chi connectivity index (χ1) is 20.0. The molecular formula is C30H44N4O7. The molecule has 1 aromatic carbocycles. The highest BCUT2D eigenvalue weighted by atomic mass is 16.5. The number of rotatable bonds is 16. The van der Waals surface area contributed by atoms with Crippen molar-refractivity contribution in [1.82, 2.24) is 15.1 Å². The molecule has 0 aromatic heterocycles. The maximum atomic E-state index is 12.9. The molecule has 1 unspecified atom stereocenters. The molecule has 0 aliphatic carbocycles. The van der Waals surface area contributed by atoms with E-state index in [-0.39, 0.29) is 24.1 Å². The third-order valence-electron chi connectivity index (χ3n) is 7.85. The summed E-state index contributed by atoms with van der Waals surface area (Å²) < 4.78 is 16.6. The third kappa shape index (κ3) is 8.73. The van der Waals surface area contributed by atoms with Gasteiger partial charge in [-0.3, -0.25) is 24.5 Å². The Kier molecular flexibility index (Phi) is 11.9. The molecular weight excluding hydrogens is 528 g/mol. The summed E-state index contributed by atoms with van der Waals surface area (Å²) in [6.45, 7) is 8.45. The molecule has 1 atom stereocenters. The zero-order chi connectivity index (χ0) is 29.0. The number of benzene rings is 1. The molecule has 1 aromatic rings. The molecule has 4 rings (SSSR count). The van der Waals surface area contributed by atoms with Crippen molar-refractivity contribution in [2.75, 3.05) is 70.7 Å². The van der Waals surface area contributed by atoms with Gasteiger partial charge in [-0.2, -0.15) is 0 Å². The average Bonchev–Trinajstić information content (AvgIpc) is 3.30. The number of carbonyl (C=O) groups excluding carboxylic acids is 4. The maximum Gasteiger partial charge on any atom is 0.255 e. The Hall–Kier alpha value is -3.02. The number of ether oxygens (including phenoxy) is 3. The molecule has 1 N–H and O–H groups in total. The van der Waals surface area contributed by atoms with Crippen molar-refractivity contribution in [1.29, 1.82) is 0 Å². The van der Waals surface area contributed by atoms with Crippen LogP contribution in [0.1, 0.15) is 67.8 Å². The molecule has 2 saturated heterocycles. The highest BCUT2D eigenvalue weighted by molar-refractivity contribution is 6.05. The second-order valence-electron chi connectivity index (χ2n) is 10.8. The van der Waals surface area contributed by atoms with Gasteiger partial charge < -0.3 is 28.9 Å². The van der Waals surface area contributed by atoms with E-state index in [1.165, 1.54) is 19.3 Å². The number of nitrogens with one attached hydrogen (secondary N) is 1. The smallest absolute Gasteiger partial charge is 0.255 e. The van der Waals surface area contributed by atoms with Crippen LogP contribution in [0.4, 0.5) is 5.69 Å². The van der Waals surface area contributed by atoms with E-state index in [4.69, 9.17) is 14.2 Å². The Labute approximate surface area is 242 Å². The largest absolute Gasteiger partial charge is 0.379 e. The topological polar surface area (TPSA) is 118 Å². The third-order valence-corrected chi connectivity index (χ3v) is 7.85. The average molecular weight is 573 g/mol. The fraction of sp³-hybridized carbons (Fsp3) is 0.667. The van der Waals surface area contributed by atoms with Gasteiger partial charge >= 0.3 is 0 Å². The predicted octanol–water partition coefficient (Wildman–Crippen LogP) is 2.12. The molecule has 226 valence electrons. The quantitative estimate of drug-likeness (QED) is 0.237. The van der Waals surface area contributed by atoms with Crippen LogP contribution >= 0.6 is 0 Å². The van der Waals surface area contributed by atoms with Crippen LogP contribution in [-0.4, -0.2) is 105 Å². The van der Waals surface area contributed by atoms with E-state index in [0.717, 1.165) is 24.3 Å². The van der Waals surface area contributed by atoms with Crippen molar-refractivity contribution in [2.24, 2.45) is 0 Å². The van der Waals surface area contributed by atoms with Gasteiger partial charge in [0.15, 0.2) is 0 Å². The summed E-state index contributed by atoms with van der Waals surface area (Å²) in [5, 5.41) is 2.34. The second-order valence-corrected chi connectivity index (χ2v) is 10.8. The number of piperazine rings is 1. The fourth-order valence-electron chi connectivity index (χ4n) is 5.46. The Morgan fingerprint density at radius 3 is 2.32 bits per heavy atom. The summed E-state index contributed by atoms with van der Waals surface area (Å²) in [7, 11) is 0. The standard InChI is InChI=1S/C30H44N4O7/c1-2-3-4-5-15-39-17-19-41-20-18-40-16-10-28(36)33-13-11-32(12-14-33)24-6-7-25-23(21-24)22-34(30(25)38)26-8-9-27(35)31-29(26)37/h6-7,21,26H,2-5,8-20,22H2,1H3,(H,31,35,37). The maximum absolute atomic E-state index is 12.9. The molecule has 11 heteroatoms. The number of fused-ring (bicyclic) bond motifs is 1. The molecule has 41 heavy (non-hydrogen) atoms. The number of hydrogen-bond acceptors (Lipinski definition) is 8. The number of amides is 4. The summed E-state index contributed by atoms with van der Waals surface area (Å²) in [5.41, 5.74) is 2.48. The fourth-order valence-corrected chi connectivity index (χ4v) is 5.46. The summed E-state index contributed by atoms with van der Waals surface area (Å²) in [5.74, 6) is -0.789.